The highest BCUT2D eigenvalue weighted by Gasteiger charge is 2.04. The molecule has 1 aromatic heterocycles. The van der Waals surface area contributed by atoms with Gasteiger partial charge in [0.2, 0.25) is 0 Å². The van der Waals surface area contributed by atoms with Crippen LogP contribution in [0.1, 0.15) is 31.7 Å². The first-order chi connectivity index (χ1) is 8.80. The third kappa shape index (κ3) is 5.43. The number of rotatable bonds is 9. The molecule has 0 amide bonds. The second-order valence-corrected chi connectivity index (χ2v) is 4.42. The number of nitrogens with zero attached hydrogens (tertiary/aromatic N) is 2. The molecule has 0 radical (unpaired) electrons. The minimum Gasteiger partial charge on any atom is -0.311 e. The predicted octanol–water partition coefficient (Wildman–Crippen LogP) is 2.59. The minimum absolute atomic E-state index is 0.847. The van der Waals surface area contributed by atoms with Crippen LogP contribution in [0.2, 0.25) is 0 Å². The lowest BCUT2D eigenvalue weighted by Crippen LogP contribution is -2.25. The lowest BCUT2D eigenvalue weighted by atomic mass is 10.2. The Morgan fingerprint density at radius 1 is 1.33 bits per heavy atom. The summed E-state index contributed by atoms with van der Waals surface area (Å²) < 4.78 is 0. The van der Waals surface area contributed by atoms with Crippen LogP contribution in [0.4, 0.5) is 0 Å². The van der Waals surface area contributed by atoms with Gasteiger partial charge in [-0.05, 0) is 31.6 Å². The molecule has 0 aliphatic rings. The first-order valence-corrected chi connectivity index (χ1v) is 6.78. The van der Waals surface area contributed by atoms with Crippen LogP contribution >= 0.6 is 0 Å². The molecule has 3 nitrogen and oxygen atoms in total. The van der Waals surface area contributed by atoms with Gasteiger partial charge in [0.1, 0.15) is 0 Å². The number of nitrogens with one attached hydrogen (secondary N) is 1. The molecule has 0 aliphatic heterocycles. The predicted molar refractivity (Wildman–Crippen MR) is 77.4 cm³/mol. The Kier molecular flexibility index (Phi) is 7.30. The fourth-order valence-corrected chi connectivity index (χ4v) is 1.93. The van der Waals surface area contributed by atoms with E-state index in [9.17, 15) is 0 Å². The summed E-state index contributed by atoms with van der Waals surface area (Å²) in [4.78, 5) is 7.04. The van der Waals surface area contributed by atoms with Crippen LogP contribution in [0.25, 0.3) is 0 Å². The van der Waals surface area contributed by atoms with E-state index in [1.165, 1.54) is 0 Å². The SMILES string of the molecule is C=CCN(CCC)Cc1cccc(CNCC)n1. The highest BCUT2D eigenvalue weighted by atomic mass is 15.1. The Bertz CT molecular complexity index is 349. The third-order valence-electron chi connectivity index (χ3n) is 2.73. The van der Waals surface area contributed by atoms with Crippen LogP contribution in [0.5, 0.6) is 0 Å². The van der Waals surface area contributed by atoms with Gasteiger partial charge in [-0.3, -0.25) is 9.88 Å². The van der Waals surface area contributed by atoms with E-state index in [0.717, 1.165) is 50.5 Å². The van der Waals surface area contributed by atoms with Gasteiger partial charge in [-0.2, -0.15) is 0 Å². The third-order valence-corrected chi connectivity index (χ3v) is 2.73. The summed E-state index contributed by atoms with van der Waals surface area (Å²) in [5.41, 5.74) is 2.25. The van der Waals surface area contributed by atoms with Crippen molar-refractivity contribution >= 4 is 0 Å². The maximum absolute atomic E-state index is 4.68. The van der Waals surface area contributed by atoms with Gasteiger partial charge in [0, 0.05) is 19.6 Å². The molecule has 0 fully saturated rings. The van der Waals surface area contributed by atoms with E-state index < -0.39 is 0 Å². The van der Waals surface area contributed by atoms with E-state index in [2.05, 4.69) is 53.8 Å². The molecule has 1 aromatic rings. The molecule has 0 saturated heterocycles. The van der Waals surface area contributed by atoms with E-state index in [-0.39, 0.29) is 0 Å². The first-order valence-electron chi connectivity index (χ1n) is 6.78. The standard InChI is InChI=1S/C15H25N3/c1-4-10-18(11-5-2)13-15-9-7-8-14(17-15)12-16-6-3/h4,7-9,16H,1,5-6,10-13H2,2-3H3. The molecule has 100 valence electrons. The van der Waals surface area contributed by atoms with Crippen LogP contribution in [-0.2, 0) is 13.1 Å². The lowest BCUT2D eigenvalue weighted by molar-refractivity contribution is 0.291. The second kappa shape index (κ2) is 8.84. The Hall–Kier alpha value is -1.19. The van der Waals surface area contributed by atoms with Crippen molar-refractivity contribution in [3.63, 3.8) is 0 Å². The summed E-state index contributed by atoms with van der Waals surface area (Å²) >= 11 is 0. The maximum Gasteiger partial charge on any atom is 0.0547 e. The van der Waals surface area contributed by atoms with Gasteiger partial charge in [-0.1, -0.05) is 26.0 Å². The molecule has 3 heteroatoms. The zero-order valence-corrected chi connectivity index (χ0v) is 11.7. The molecule has 1 N–H and O–H groups in total. The number of hydrogen-bond donors (Lipinski definition) is 1. The summed E-state index contributed by atoms with van der Waals surface area (Å²) in [7, 11) is 0. The Labute approximate surface area is 111 Å². The zero-order valence-electron chi connectivity index (χ0n) is 11.7. The largest absolute Gasteiger partial charge is 0.311 e. The molecule has 0 bridgehead atoms. The van der Waals surface area contributed by atoms with Gasteiger partial charge in [-0.15, -0.1) is 6.58 Å². The van der Waals surface area contributed by atoms with E-state index in [0.29, 0.717) is 0 Å². The van der Waals surface area contributed by atoms with Gasteiger partial charge in [0.25, 0.3) is 0 Å². The Morgan fingerprint density at radius 2 is 2.11 bits per heavy atom. The molecule has 0 spiro atoms. The smallest absolute Gasteiger partial charge is 0.0547 e. The molecule has 18 heavy (non-hydrogen) atoms. The summed E-state index contributed by atoms with van der Waals surface area (Å²) in [5.74, 6) is 0. The van der Waals surface area contributed by atoms with Crippen LogP contribution in [0, 0.1) is 0 Å². The molecule has 1 heterocycles. The van der Waals surface area contributed by atoms with Crippen molar-refractivity contribution in [2.75, 3.05) is 19.6 Å². The van der Waals surface area contributed by atoms with Crippen molar-refractivity contribution in [3.05, 3.63) is 42.2 Å². The van der Waals surface area contributed by atoms with Gasteiger partial charge < -0.3 is 5.32 Å². The van der Waals surface area contributed by atoms with Crippen molar-refractivity contribution in [1.29, 1.82) is 0 Å². The van der Waals surface area contributed by atoms with Gasteiger partial charge in [-0.25, -0.2) is 0 Å². The molecule has 0 unspecified atom stereocenters. The van der Waals surface area contributed by atoms with E-state index in [1.54, 1.807) is 0 Å². The van der Waals surface area contributed by atoms with Crippen molar-refractivity contribution in [2.45, 2.75) is 33.4 Å². The summed E-state index contributed by atoms with van der Waals surface area (Å²) in [5, 5.41) is 3.30. The Morgan fingerprint density at radius 3 is 2.78 bits per heavy atom. The monoisotopic (exact) mass is 247 g/mol. The van der Waals surface area contributed by atoms with Crippen molar-refractivity contribution in [3.8, 4) is 0 Å². The van der Waals surface area contributed by atoms with Crippen LogP contribution < -0.4 is 5.32 Å². The second-order valence-electron chi connectivity index (χ2n) is 4.42. The van der Waals surface area contributed by atoms with E-state index in [4.69, 9.17) is 0 Å². The minimum atomic E-state index is 0.847. The van der Waals surface area contributed by atoms with Gasteiger partial charge in [0.15, 0.2) is 0 Å². The highest BCUT2D eigenvalue weighted by Crippen LogP contribution is 2.05. The fraction of sp³-hybridized carbons (Fsp3) is 0.533. The Balaban J connectivity index is 2.60. The quantitative estimate of drug-likeness (QED) is 0.680. The van der Waals surface area contributed by atoms with Gasteiger partial charge in [0.05, 0.1) is 11.4 Å². The topological polar surface area (TPSA) is 28.2 Å². The number of aromatic nitrogens is 1. The fourth-order valence-electron chi connectivity index (χ4n) is 1.93. The maximum atomic E-state index is 4.68. The van der Waals surface area contributed by atoms with Crippen molar-refractivity contribution in [2.24, 2.45) is 0 Å². The average Bonchev–Trinajstić information content (AvgIpc) is 2.37. The molecule has 0 atom stereocenters. The molecule has 0 aliphatic carbocycles. The lowest BCUT2D eigenvalue weighted by Gasteiger charge is -2.19. The molecular weight excluding hydrogens is 222 g/mol. The first kappa shape index (κ1) is 14.9. The van der Waals surface area contributed by atoms with Crippen molar-refractivity contribution < 1.29 is 0 Å². The van der Waals surface area contributed by atoms with Gasteiger partial charge >= 0.3 is 0 Å². The molecular formula is C15H25N3. The molecule has 0 aromatic carbocycles. The van der Waals surface area contributed by atoms with Crippen LogP contribution in [-0.4, -0.2) is 29.5 Å². The normalized spacial score (nSPS) is 10.8. The number of pyridine rings is 1. The summed E-state index contributed by atoms with van der Waals surface area (Å²) in [6.45, 7) is 12.9. The molecule has 0 saturated carbocycles. The van der Waals surface area contributed by atoms with Crippen molar-refractivity contribution in [1.82, 2.24) is 15.2 Å². The van der Waals surface area contributed by atoms with E-state index >= 15 is 0 Å². The highest BCUT2D eigenvalue weighted by molar-refractivity contribution is 5.11. The molecule has 1 rings (SSSR count). The average molecular weight is 247 g/mol. The van der Waals surface area contributed by atoms with Crippen LogP contribution in [0.3, 0.4) is 0 Å². The summed E-state index contributed by atoms with van der Waals surface area (Å²) in [6, 6.07) is 6.26. The van der Waals surface area contributed by atoms with Crippen LogP contribution in [0.15, 0.2) is 30.9 Å². The summed E-state index contributed by atoms with van der Waals surface area (Å²) in [6.07, 6.45) is 3.11. The van der Waals surface area contributed by atoms with E-state index in [1.807, 2.05) is 6.08 Å². The number of hydrogen-bond acceptors (Lipinski definition) is 3. The zero-order chi connectivity index (χ0) is 13.2.